The van der Waals surface area contributed by atoms with Gasteiger partial charge in [0.2, 0.25) is 0 Å². The third-order valence-electron chi connectivity index (χ3n) is 4.43. The minimum absolute atomic E-state index is 0.0211. The second kappa shape index (κ2) is 6.02. The number of hydrogen-bond acceptors (Lipinski definition) is 2. The summed E-state index contributed by atoms with van der Waals surface area (Å²) in [6, 6.07) is 1.44. The first-order valence-electron chi connectivity index (χ1n) is 7.18. The number of hydrogen-bond donors (Lipinski definition) is 2. The molecule has 2 N–H and O–H groups in total. The first-order valence-corrected chi connectivity index (χ1v) is 7.18. The van der Waals surface area contributed by atoms with Gasteiger partial charge in [0.15, 0.2) is 0 Å². The topological polar surface area (TPSA) is 32.3 Å². The molecule has 94 valence electrons. The van der Waals surface area contributed by atoms with Crippen molar-refractivity contribution < 1.29 is 5.11 Å². The highest BCUT2D eigenvalue weighted by molar-refractivity contribution is 4.81. The standard InChI is InChI=1S/C14H27NO/c1-11-3-2-4-12(6-5-11)15-13-7-9-14(16)10-8-13/h11-16H,2-10H2,1H3. The largest absolute Gasteiger partial charge is 0.393 e. The first-order chi connectivity index (χ1) is 7.74. The SMILES string of the molecule is CC1CCCC(NC2CCC(O)CC2)CC1. The molecule has 0 radical (unpaired) electrons. The van der Waals surface area contributed by atoms with Gasteiger partial charge >= 0.3 is 0 Å². The van der Waals surface area contributed by atoms with Crippen LogP contribution >= 0.6 is 0 Å². The predicted octanol–water partition coefficient (Wildman–Crippen LogP) is 2.85. The molecule has 2 aliphatic carbocycles. The van der Waals surface area contributed by atoms with E-state index in [-0.39, 0.29) is 6.10 Å². The van der Waals surface area contributed by atoms with E-state index in [1.807, 2.05) is 0 Å². The van der Waals surface area contributed by atoms with Crippen LogP contribution in [0.4, 0.5) is 0 Å². The number of rotatable bonds is 2. The summed E-state index contributed by atoms with van der Waals surface area (Å²) in [6.07, 6.45) is 11.3. The van der Waals surface area contributed by atoms with Crippen molar-refractivity contribution in [1.29, 1.82) is 0 Å². The van der Waals surface area contributed by atoms with Gasteiger partial charge in [0.1, 0.15) is 0 Å². The molecule has 2 rings (SSSR count). The van der Waals surface area contributed by atoms with Gasteiger partial charge in [-0.3, -0.25) is 0 Å². The average Bonchev–Trinajstić information content (AvgIpc) is 2.47. The maximum Gasteiger partial charge on any atom is 0.0541 e. The second-order valence-corrected chi connectivity index (χ2v) is 5.98. The van der Waals surface area contributed by atoms with Crippen LogP contribution in [0.25, 0.3) is 0 Å². The number of aliphatic hydroxyl groups excluding tert-OH is 1. The lowest BCUT2D eigenvalue weighted by Crippen LogP contribution is -2.41. The molecule has 2 unspecified atom stereocenters. The molecule has 0 aromatic heterocycles. The Balaban J connectivity index is 1.72. The Morgan fingerprint density at radius 2 is 1.44 bits per heavy atom. The monoisotopic (exact) mass is 225 g/mol. The Kier molecular flexibility index (Phi) is 4.66. The Morgan fingerprint density at radius 1 is 0.812 bits per heavy atom. The van der Waals surface area contributed by atoms with Crippen molar-refractivity contribution in [2.24, 2.45) is 5.92 Å². The van der Waals surface area contributed by atoms with Crippen LogP contribution in [0.15, 0.2) is 0 Å². The highest BCUT2D eigenvalue weighted by atomic mass is 16.3. The van der Waals surface area contributed by atoms with E-state index >= 15 is 0 Å². The molecular formula is C14H27NO. The van der Waals surface area contributed by atoms with Crippen molar-refractivity contribution in [1.82, 2.24) is 5.32 Å². The van der Waals surface area contributed by atoms with Gasteiger partial charge in [0.25, 0.3) is 0 Å². The number of aliphatic hydroxyl groups is 1. The molecule has 2 aliphatic rings. The van der Waals surface area contributed by atoms with Crippen molar-refractivity contribution in [2.45, 2.75) is 82.9 Å². The third-order valence-corrected chi connectivity index (χ3v) is 4.43. The highest BCUT2D eigenvalue weighted by Gasteiger charge is 2.23. The average molecular weight is 225 g/mol. The summed E-state index contributed by atoms with van der Waals surface area (Å²) in [5.41, 5.74) is 0. The summed E-state index contributed by atoms with van der Waals surface area (Å²) in [5.74, 6) is 0.931. The highest BCUT2D eigenvalue weighted by Crippen LogP contribution is 2.25. The van der Waals surface area contributed by atoms with E-state index in [9.17, 15) is 5.11 Å². The Bertz CT molecular complexity index is 199. The lowest BCUT2D eigenvalue weighted by atomic mass is 9.92. The van der Waals surface area contributed by atoms with E-state index in [2.05, 4.69) is 12.2 Å². The lowest BCUT2D eigenvalue weighted by Gasteiger charge is -2.30. The molecule has 2 nitrogen and oxygen atoms in total. The fourth-order valence-corrected chi connectivity index (χ4v) is 3.23. The van der Waals surface area contributed by atoms with Gasteiger partial charge in [0.05, 0.1) is 6.10 Å². The van der Waals surface area contributed by atoms with Crippen molar-refractivity contribution in [2.75, 3.05) is 0 Å². The maximum atomic E-state index is 9.48. The Hall–Kier alpha value is -0.0800. The van der Waals surface area contributed by atoms with Crippen LogP contribution in [0.5, 0.6) is 0 Å². The zero-order chi connectivity index (χ0) is 11.4. The fourth-order valence-electron chi connectivity index (χ4n) is 3.23. The van der Waals surface area contributed by atoms with Crippen molar-refractivity contribution in [3.8, 4) is 0 Å². The molecule has 0 heterocycles. The van der Waals surface area contributed by atoms with Crippen LogP contribution in [0.1, 0.15) is 64.7 Å². The predicted molar refractivity (Wildman–Crippen MR) is 67.4 cm³/mol. The zero-order valence-electron chi connectivity index (χ0n) is 10.6. The van der Waals surface area contributed by atoms with E-state index in [4.69, 9.17) is 0 Å². The summed E-state index contributed by atoms with van der Waals surface area (Å²) in [7, 11) is 0. The van der Waals surface area contributed by atoms with Crippen LogP contribution < -0.4 is 5.32 Å². The van der Waals surface area contributed by atoms with E-state index in [1.165, 1.54) is 44.9 Å². The van der Waals surface area contributed by atoms with Crippen molar-refractivity contribution in [3.63, 3.8) is 0 Å². The van der Waals surface area contributed by atoms with Gasteiger partial charge in [-0.25, -0.2) is 0 Å². The minimum Gasteiger partial charge on any atom is -0.393 e. The van der Waals surface area contributed by atoms with Gasteiger partial charge in [-0.2, -0.15) is 0 Å². The van der Waals surface area contributed by atoms with Gasteiger partial charge < -0.3 is 10.4 Å². The summed E-state index contributed by atoms with van der Waals surface area (Å²) in [6.45, 7) is 2.39. The molecule has 0 aromatic carbocycles. The molecule has 0 bridgehead atoms. The number of nitrogens with one attached hydrogen (secondary N) is 1. The first kappa shape index (κ1) is 12.4. The molecule has 2 saturated carbocycles. The lowest BCUT2D eigenvalue weighted by molar-refractivity contribution is 0.113. The van der Waals surface area contributed by atoms with E-state index in [0.29, 0.717) is 6.04 Å². The summed E-state index contributed by atoms with van der Waals surface area (Å²) in [5, 5.41) is 13.3. The van der Waals surface area contributed by atoms with Crippen LogP contribution in [0.2, 0.25) is 0 Å². The zero-order valence-corrected chi connectivity index (χ0v) is 10.6. The molecule has 0 aromatic rings. The molecule has 16 heavy (non-hydrogen) atoms. The third kappa shape index (κ3) is 3.74. The van der Waals surface area contributed by atoms with Crippen LogP contribution in [-0.4, -0.2) is 23.3 Å². The van der Waals surface area contributed by atoms with Gasteiger partial charge in [-0.05, 0) is 50.9 Å². The Labute approximate surface area is 99.8 Å². The smallest absolute Gasteiger partial charge is 0.0541 e. The molecule has 0 aliphatic heterocycles. The maximum absolute atomic E-state index is 9.48. The van der Waals surface area contributed by atoms with Crippen LogP contribution in [-0.2, 0) is 0 Å². The summed E-state index contributed by atoms with van der Waals surface area (Å²) >= 11 is 0. The minimum atomic E-state index is -0.0211. The van der Waals surface area contributed by atoms with Gasteiger partial charge in [0, 0.05) is 12.1 Å². The summed E-state index contributed by atoms with van der Waals surface area (Å²) in [4.78, 5) is 0. The van der Waals surface area contributed by atoms with E-state index in [1.54, 1.807) is 0 Å². The quantitative estimate of drug-likeness (QED) is 0.708. The molecule has 2 atom stereocenters. The van der Waals surface area contributed by atoms with Crippen LogP contribution in [0.3, 0.4) is 0 Å². The molecular weight excluding hydrogens is 198 g/mol. The molecule has 2 fully saturated rings. The molecule has 0 saturated heterocycles. The molecule has 2 heteroatoms. The van der Waals surface area contributed by atoms with Crippen LogP contribution in [0, 0.1) is 5.92 Å². The summed E-state index contributed by atoms with van der Waals surface area (Å²) < 4.78 is 0. The second-order valence-electron chi connectivity index (χ2n) is 5.98. The van der Waals surface area contributed by atoms with Gasteiger partial charge in [-0.15, -0.1) is 0 Å². The van der Waals surface area contributed by atoms with Gasteiger partial charge in [-0.1, -0.05) is 19.8 Å². The Morgan fingerprint density at radius 3 is 2.19 bits per heavy atom. The molecule has 0 spiro atoms. The van der Waals surface area contributed by atoms with E-state index in [0.717, 1.165) is 24.8 Å². The normalized spacial score (nSPS) is 41.6. The fraction of sp³-hybridized carbons (Fsp3) is 1.00. The van der Waals surface area contributed by atoms with Crippen molar-refractivity contribution >= 4 is 0 Å². The van der Waals surface area contributed by atoms with E-state index < -0.39 is 0 Å². The molecule has 0 amide bonds. The van der Waals surface area contributed by atoms with Crippen molar-refractivity contribution in [3.05, 3.63) is 0 Å².